The van der Waals surface area contributed by atoms with E-state index in [9.17, 15) is 0 Å². The number of benzene rings is 1. The lowest BCUT2D eigenvalue weighted by Gasteiger charge is -2.18. The fourth-order valence-electron chi connectivity index (χ4n) is 2.64. The number of fused-ring (bicyclic) bond motifs is 1. The molecule has 2 aliphatic rings. The molecule has 92 valence electrons. The van der Waals surface area contributed by atoms with E-state index in [1.165, 1.54) is 5.56 Å². The standard InChI is InChI=1S/C14H17ClO2/c1-9-2-4-13(17-9)14(15)11-3-5-12-10(8-11)6-7-16-12/h3,5,8-9,13-14H,2,4,6-7H2,1H3. The van der Waals surface area contributed by atoms with E-state index in [0.717, 1.165) is 37.2 Å². The zero-order valence-corrected chi connectivity index (χ0v) is 10.7. The van der Waals surface area contributed by atoms with Gasteiger partial charge in [0.2, 0.25) is 0 Å². The van der Waals surface area contributed by atoms with Gasteiger partial charge in [-0.1, -0.05) is 12.1 Å². The molecule has 0 bridgehead atoms. The molecule has 1 fully saturated rings. The first-order valence-electron chi connectivity index (χ1n) is 6.29. The Morgan fingerprint density at radius 3 is 3.00 bits per heavy atom. The summed E-state index contributed by atoms with van der Waals surface area (Å²) < 4.78 is 11.3. The summed E-state index contributed by atoms with van der Waals surface area (Å²) in [4.78, 5) is 0. The van der Waals surface area contributed by atoms with E-state index < -0.39 is 0 Å². The van der Waals surface area contributed by atoms with Gasteiger partial charge >= 0.3 is 0 Å². The average molecular weight is 253 g/mol. The summed E-state index contributed by atoms with van der Waals surface area (Å²) in [6.45, 7) is 2.91. The molecule has 2 heterocycles. The molecule has 17 heavy (non-hydrogen) atoms. The fraction of sp³-hybridized carbons (Fsp3) is 0.571. The van der Waals surface area contributed by atoms with Crippen molar-refractivity contribution in [2.24, 2.45) is 0 Å². The molecule has 0 aromatic heterocycles. The number of rotatable bonds is 2. The van der Waals surface area contributed by atoms with Crippen LogP contribution in [0.5, 0.6) is 5.75 Å². The summed E-state index contributed by atoms with van der Waals surface area (Å²) in [6, 6.07) is 6.27. The van der Waals surface area contributed by atoms with Crippen molar-refractivity contribution in [2.75, 3.05) is 6.61 Å². The SMILES string of the molecule is CC1CCC(C(Cl)c2ccc3c(c2)CCO3)O1. The Bertz CT molecular complexity index is 419. The number of ether oxygens (including phenoxy) is 2. The minimum absolute atomic E-state index is 0.0362. The number of hydrogen-bond acceptors (Lipinski definition) is 2. The second-order valence-corrected chi connectivity index (χ2v) is 5.40. The molecule has 3 rings (SSSR count). The second-order valence-electron chi connectivity index (χ2n) is 4.93. The van der Waals surface area contributed by atoms with Gasteiger partial charge in [-0.3, -0.25) is 0 Å². The molecular formula is C14H17ClO2. The van der Waals surface area contributed by atoms with Crippen LogP contribution in [0.15, 0.2) is 18.2 Å². The molecule has 3 unspecified atom stereocenters. The van der Waals surface area contributed by atoms with E-state index in [0.29, 0.717) is 6.10 Å². The van der Waals surface area contributed by atoms with Gasteiger partial charge in [0.25, 0.3) is 0 Å². The summed E-state index contributed by atoms with van der Waals surface area (Å²) in [7, 11) is 0. The van der Waals surface area contributed by atoms with E-state index >= 15 is 0 Å². The summed E-state index contributed by atoms with van der Waals surface area (Å²) in [6.07, 6.45) is 3.67. The van der Waals surface area contributed by atoms with Crippen LogP contribution in [-0.2, 0) is 11.2 Å². The summed E-state index contributed by atoms with van der Waals surface area (Å²) in [5.74, 6) is 1.01. The second kappa shape index (κ2) is 4.51. The van der Waals surface area contributed by atoms with Gasteiger partial charge in [0.05, 0.1) is 24.2 Å². The van der Waals surface area contributed by atoms with Crippen molar-refractivity contribution < 1.29 is 9.47 Å². The van der Waals surface area contributed by atoms with Crippen LogP contribution in [0, 0.1) is 0 Å². The van der Waals surface area contributed by atoms with Gasteiger partial charge in [-0.15, -0.1) is 11.6 Å². The molecule has 1 aromatic carbocycles. The zero-order chi connectivity index (χ0) is 11.8. The van der Waals surface area contributed by atoms with E-state index in [4.69, 9.17) is 21.1 Å². The molecule has 3 heteroatoms. The lowest BCUT2D eigenvalue weighted by molar-refractivity contribution is 0.0533. The van der Waals surface area contributed by atoms with Crippen molar-refractivity contribution in [2.45, 2.75) is 43.8 Å². The molecule has 0 aliphatic carbocycles. The smallest absolute Gasteiger partial charge is 0.122 e. The minimum Gasteiger partial charge on any atom is -0.493 e. The third kappa shape index (κ3) is 2.16. The van der Waals surface area contributed by atoms with Crippen LogP contribution in [0.3, 0.4) is 0 Å². The van der Waals surface area contributed by atoms with E-state index in [-0.39, 0.29) is 11.5 Å². The Balaban J connectivity index is 1.79. The van der Waals surface area contributed by atoms with Gasteiger partial charge in [0, 0.05) is 6.42 Å². The lowest BCUT2D eigenvalue weighted by Crippen LogP contribution is -2.14. The Morgan fingerprint density at radius 1 is 1.35 bits per heavy atom. The Hall–Kier alpha value is -0.730. The van der Waals surface area contributed by atoms with Crippen LogP contribution in [-0.4, -0.2) is 18.8 Å². The van der Waals surface area contributed by atoms with Crippen molar-refractivity contribution in [3.05, 3.63) is 29.3 Å². The van der Waals surface area contributed by atoms with Gasteiger partial charge in [-0.05, 0) is 37.0 Å². The highest BCUT2D eigenvalue weighted by atomic mass is 35.5. The number of hydrogen-bond donors (Lipinski definition) is 0. The highest BCUT2D eigenvalue weighted by Gasteiger charge is 2.30. The van der Waals surface area contributed by atoms with Crippen molar-refractivity contribution in [3.8, 4) is 5.75 Å². The molecule has 0 spiro atoms. The quantitative estimate of drug-likeness (QED) is 0.751. The van der Waals surface area contributed by atoms with Gasteiger partial charge in [0.15, 0.2) is 0 Å². The summed E-state index contributed by atoms with van der Waals surface area (Å²) >= 11 is 6.51. The minimum atomic E-state index is -0.0362. The Morgan fingerprint density at radius 2 is 2.24 bits per heavy atom. The predicted molar refractivity (Wildman–Crippen MR) is 67.8 cm³/mol. The third-order valence-electron chi connectivity index (χ3n) is 3.62. The number of alkyl halides is 1. The molecule has 1 aromatic rings. The zero-order valence-electron chi connectivity index (χ0n) is 9.99. The molecule has 2 aliphatic heterocycles. The van der Waals surface area contributed by atoms with Crippen LogP contribution in [0.25, 0.3) is 0 Å². The number of halogens is 1. The van der Waals surface area contributed by atoms with Crippen molar-refractivity contribution in [3.63, 3.8) is 0 Å². The van der Waals surface area contributed by atoms with Crippen molar-refractivity contribution >= 4 is 11.6 Å². The van der Waals surface area contributed by atoms with E-state index in [1.54, 1.807) is 0 Å². The molecular weight excluding hydrogens is 236 g/mol. The highest BCUT2D eigenvalue weighted by Crippen LogP contribution is 2.37. The van der Waals surface area contributed by atoms with Crippen molar-refractivity contribution in [1.82, 2.24) is 0 Å². The molecule has 0 N–H and O–H groups in total. The van der Waals surface area contributed by atoms with E-state index in [1.807, 2.05) is 6.07 Å². The van der Waals surface area contributed by atoms with E-state index in [2.05, 4.69) is 19.1 Å². The topological polar surface area (TPSA) is 18.5 Å². The van der Waals surface area contributed by atoms with Crippen LogP contribution in [0.2, 0.25) is 0 Å². The first kappa shape index (κ1) is 11.4. The van der Waals surface area contributed by atoms with Gasteiger partial charge in [-0.2, -0.15) is 0 Å². The molecule has 1 saturated heterocycles. The van der Waals surface area contributed by atoms with Crippen LogP contribution in [0.4, 0.5) is 0 Å². The maximum absolute atomic E-state index is 6.51. The van der Waals surface area contributed by atoms with Gasteiger partial charge < -0.3 is 9.47 Å². The Labute approximate surface area is 107 Å². The first-order valence-corrected chi connectivity index (χ1v) is 6.73. The third-order valence-corrected chi connectivity index (χ3v) is 4.16. The molecule has 0 saturated carbocycles. The highest BCUT2D eigenvalue weighted by molar-refractivity contribution is 6.21. The maximum atomic E-state index is 6.51. The predicted octanol–water partition coefficient (Wildman–Crippen LogP) is 3.47. The maximum Gasteiger partial charge on any atom is 0.122 e. The van der Waals surface area contributed by atoms with Crippen LogP contribution >= 0.6 is 11.6 Å². The normalized spacial score (nSPS) is 28.8. The van der Waals surface area contributed by atoms with Crippen molar-refractivity contribution in [1.29, 1.82) is 0 Å². The monoisotopic (exact) mass is 252 g/mol. The molecule has 0 radical (unpaired) electrons. The average Bonchev–Trinajstić information content (AvgIpc) is 2.95. The molecule has 3 atom stereocenters. The first-order chi connectivity index (χ1) is 8.24. The van der Waals surface area contributed by atoms with Crippen LogP contribution in [0.1, 0.15) is 36.3 Å². The largest absolute Gasteiger partial charge is 0.493 e. The summed E-state index contributed by atoms with van der Waals surface area (Å²) in [5.41, 5.74) is 2.44. The van der Waals surface area contributed by atoms with Gasteiger partial charge in [-0.25, -0.2) is 0 Å². The van der Waals surface area contributed by atoms with Gasteiger partial charge in [0.1, 0.15) is 5.75 Å². The molecule has 2 nitrogen and oxygen atoms in total. The molecule has 0 amide bonds. The summed E-state index contributed by atoms with van der Waals surface area (Å²) in [5, 5.41) is -0.0362. The lowest BCUT2D eigenvalue weighted by atomic mass is 10.0. The Kier molecular flexibility index (Phi) is 3.01. The van der Waals surface area contributed by atoms with Crippen LogP contribution < -0.4 is 4.74 Å². The fourth-order valence-corrected chi connectivity index (χ4v) is 2.96.